The average Bonchev–Trinajstić information content (AvgIpc) is 2.02. The van der Waals surface area contributed by atoms with Crippen molar-refractivity contribution in [3.05, 3.63) is 17.2 Å². The predicted molar refractivity (Wildman–Crippen MR) is 49.0 cm³/mol. The third kappa shape index (κ3) is 1.80. The lowest BCUT2D eigenvalue weighted by atomic mass is 10.2. The molecule has 0 amide bonds. The normalized spacial score (nSPS) is 9.85. The van der Waals surface area contributed by atoms with Crippen molar-refractivity contribution in [2.45, 2.75) is 13.8 Å². The first-order valence-electron chi connectivity index (χ1n) is 3.83. The van der Waals surface area contributed by atoms with Gasteiger partial charge in [0.2, 0.25) is 5.97 Å². The summed E-state index contributed by atoms with van der Waals surface area (Å²) in [5.74, 6) is -0.577. The van der Waals surface area contributed by atoms with E-state index in [9.17, 15) is 4.39 Å². The third-order valence-electron chi connectivity index (χ3n) is 1.66. The van der Waals surface area contributed by atoms with Crippen LogP contribution in [0.25, 0.3) is 0 Å². The van der Waals surface area contributed by atoms with Gasteiger partial charge < -0.3 is 5.32 Å². The fourth-order valence-corrected chi connectivity index (χ4v) is 1.17. The molecule has 0 aliphatic rings. The highest BCUT2D eigenvalue weighted by molar-refractivity contribution is 5.94. The van der Waals surface area contributed by atoms with Crippen LogP contribution < -0.4 is 5.32 Å². The molecule has 0 aliphatic carbocycles. The number of hydrogen-bond acceptors (Lipinski definition) is 4. The predicted octanol–water partition coefficient (Wildman–Crippen LogP) is 1.43. The summed E-state index contributed by atoms with van der Waals surface area (Å²) >= 11 is 0. The quantitative estimate of drug-likeness (QED) is 0.680. The number of aromatic nitrogens is 2. The van der Waals surface area contributed by atoms with Crippen molar-refractivity contribution < 1.29 is 4.39 Å². The lowest BCUT2D eigenvalue weighted by molar-refractivity contribution is 0.786. The van der Waals surface area contributed by atoms with Gasteiger partial charge in [-0.25, -0.2) is 9.97 Å². The summed E-state index contributed by atoms with van der Waals surface area (Å²) in [6.45, 7) is 3.41. The largest absolute Gasteiger partial charge is 0.385 e. The molecule has 0 saturated carbocycles. The van der Waals surface area contributed by atoms with Crippen molar-refractivity contribution in [3.8, 4) is 0 Å². The zero-order valence-electron chi connectivity index (χ0n) is 7.77. The van der Waals surface area contributed by atoms with Gasteiger partial charge in [-0.15, -0.1) is 0 Å². The van der Waals surface area contributed by atoms with Crippen LogP contribution in [0.4, 0.5) is 10.1 Å². The van der Waals surface area contributed by atoms with Gasteiger partial charge in [-0.1, -0.05) is 0 Å². The summed E-state index contributed by atoms with van der Waals surface area (Å²) in [5.41, 5.74) is 1.14. The fourth-order valence-electron chi connectivity index (χ4n) is 1.17. The molecule has 13 heavy (non-hydrogen) atoms. The monoisotopic (exact) mass is 182 g/mol. The van der Waals surface area contributed by atoms with E-state index in [1.54, 1.807) is 20.9 Å². The van der Waals surface area contributed by atoms with E-state index in [1.807, 2.05) is 0 Å². The van der Waals surface area contributed by atoms with E-state index < -0.39 is 5.97 Å². The first-order valence-corrected chi connectivity index (χ1v) is 3.83. The molecule has 0 radical (unpaired) electrons. The molecule has 0 atom stereocenters. The highest BCUT2D eigenvalue weighted by Gasteiger charge is 2.12. The second-order valence-electron chi connectivity index (χ2n) is 2.64. The Balaban J connectivity index is 3.38. The highest BCUT2D eigenvalue weighted by Crippen LogP contribution is 2.17. The van der Waals surface area contributed by atoms with Gasteiger partial charge in [0.05, 0.1) is 11.4 Å². The van der Waals surface area contributed by atoms with E-state index in [0.29, 0.717) is 17.2 Å². The Labute approximate surface area is 75.7 Å². The lowest BCUT2D eigenvalue weighted by Crippen LogP contribution is -2.08. The SMILES string of the molecule is CNc1c(C)nc(C)nc1C(=N)F. The number of hydrogen-bond donors (Lipinski definition) is 2. The summed E-state index contributed by atoms with van der Waals surface area (Å²) in [6, 6.07) is 0. The topological polar surface area (TPSA) is 61.7 Å². The molecule has 1 rings (SSSR count). The third-order valence-corrected chi connectivity index (χ3v) is 1.66. The maximum atomic E-state index is 12.7. The summed E-state index contributed by atoms with van der Waals surface area (Å²) < 4.78 is 12.7. The highest BCUT2D eigenvalue weighted by atomic mass is 19.1. The summed E-state index contributed by atoms with van der Waals surface area (Å²) in [4.78, 5) is 7.88. The zero-order chi connectivity index (χ0) is 10.0. The molecule has 70 valence electrons. The molecule has 0 saturated heterocycles. The Morgan fingerprint density at radius 3 is 2.46 bits per heavy atom. The second kappa shape index (κ2) is 3.47. The Kier molecular flexibility index (Phi) is 2.55. The molecular weight excluding hydrogens is 171 g/mol. The number of aryl methyl sites for hydroxylation is 2. The van der Waals surface area contributed by atoms with E-state index in [-0.39, 0.29) is 5.69 Å². The molecule has 0 aliphatic heterocycles. The maximum Gasteiger partial charge on any atom is 0.233 e. The Morgan fingerprint density at radius 1 is 1.38 bits per heavy atom. The minimum atomic E-state index is -1.04. The number of anilines is 1. The van der Waals surface area contributed by atoms with E-state index in [2.05, 4.69) is 15.3 Å². The van der Waals surface area contributed by atoms with E-state index >= 15 is 0 Å². The molecule has 1 heterocycles. The van der Waals surface area contributed by atoms with E-state index in [1.165, 1.54) is 0 Å². The Hall–Kier alpha value is -1.52. The number of halogens is 1. The van der Waals surface area contributed by atoms with Crippen LogP contribution in [0.3, 0.4) is 0 Å². The molecule has 2 N–H and O–H groups in total. The van der Waals surface area contributed by atoms with Crippen LogP contribution in [-0.4, -0.2) is 23.0 Å². The first kappa shape index (κ1) is 9.57. The molecule has 0 fully saturated rings. The Bertz CT molecular complexity index is 348. The van der Waals surface area contributed by atoms with Gasteiger partial charge >= 0.3 is 0 Å². The van der Waals surface area contributed by atoms with Crippen LogP contribution in [0.5, 0.6) is 0 Å². The van der Waals surface area contributed by atoms with Gasteiger partial charge in [-0.05, 0) is 13.8 Å². The van der Waals surface area contributed by atoms with E-state index in [4.69, 9.17) is 5.41 Å². The minimum absolute atomic E-state index is 0.0208. The van der Waals surface area contributed by atoms with Crippen LogP contribution in [-0.2, 0) is 0 Å². The van der Waals surface area contributed by atoms with Crippen molar-refractivity contribution in [2.24, 2.45) is 0 Å². The first-order chi connectivity index (χ1) is 6.06. The number of rotatable bonds is 2. The zero-order valence-corrected chi connectivity index (χ0v) is 7.77. The van der Waals surface area contributed by atoms with Crippen molar-refractivity contribution in [2.75, 3.05) is 12.4 Å². The van der Waals surface area contributed by atoms with Crippen LogP contribution in [0.2, 0.25) is 0 Å². The fraction of sp³-hybridized carbons (Fsp3) is 0.375. The lowest BCUT2D eigenvalue weighted by Gasteiger charge is -2.08. The van der Waals surface area contributed by atoms with Crippen molar-refractivity contribution in [1.29, 1.82) is 5.41 Å². The van der Waals surface area contributed by atoms with Crippen molar-refractivity contribution >= 4 is 11.7 Å². The standard InChI is InChI=1S/C8H11FN4/c1-4-6(11-3)7(8(9)10)13-5(2)12-4/h10-11H,1-3H3. The molecular formula is C8H11FN4. The summed E-state index contributed by atoms with van der Waals surface area (Å²) in [7, 11) is 1.65. The molecule has 1 aromatic heterocycles. The van der Waals surface area contributed by atoms with Gasteiger partial charge in [-0.2, -0.15) is 4.39 Å². The summed E-state index contributed by atoms with van der Waals surface area (Å²) in [6.07, 6.45) is 0. The van der Waals surface area contributed by atoms with Crippen LogP contribution in [0, 0.1) is 19.3 Å². The van der Waals surface area contributed by atoms with Crippen molar-refractivity contribution in [3.63, 3.8) is 0 Å². The molecule has 4 nitrogen and oxygen atoms in total. The van der Waals surface area contributed by atoms with Gasteiger partial charge in [0.25, 0.3) is 0 Å². The van der Waals surface area contributed by atoms with Gasteiger partial charge in [-0.3, -0.25) is 5.41 Å². The summed E-state index contributed by atoms with van der Waals surface area (Å²) in [5, 5.41) is 9.64. The molecule has 0 aromatic carbocycles. The Morgan fingerprint density at radius 2 is 2.00 bits per heavy atom. The minimum Gasteiger partial charge on any atom is -0.385 e. The van der Waals surface area contributed by atoms with Crippen LogP contribution >= 0.6 is 0 Å². The second-order valence-corrected chi connectivity index (χ2v) is 2.64. The number of nitrogens with zero attached hydrogens (tertiary/aromatic N) is 2. The van der Waals surface area contributed by atoms with Gasteiger partial charge in [0.15, 0.2) is 0 Å². The van der Waals surface area contributed by atoms with Gasteiger partial charge in [0.1, 0.15) is 11.5 Å². The molecule has 0 spiro atoms. The smallest absolute Gasteiger partial charge is 0.233 e. The molecule has 0 bridgehead atoms. The molecule has 0 unspecified atom stereocenters. The molecule has 1 aromatic rings. The average molecular weight is 182 g/mol. The van der Waals surface area contributed by atoms with Crippen molar-refractivity contribution in [1.82, 2.24) is 9.97 Å². The van der Waals surface area contributed by atoms with Crippen LogP contribution in [0.15, 0.2) is 0 Å². The maximum absolute atomic E-state index is 12.7. The van der Waals surface area contributed by atoms with Crippen LogP contribution in [0.1, 0.15) is 17.2 Å². The molecule has 5 heteroatoms. The van der Waals surface area contributed by atoms with E-state index in [0.717, 1.165) is 0 Å². The van der Waals surface area contributed by atoms with Gasteiger partial charge in [0, 0.05) is 7.05 Å². The number of nitrogens with one attached hydrogen (secondary N) is 2.